The van der Waals surface area contributed by atoms with Gasteiger partial charge in [-0.05, 0) is 38.3 Å². The number of aromatic hydroxyl groups is 1. The van der Waals surface area contributed by atoms with Crippen LogP contribution in [0.2, 0.25) is 0 Å². The number of carbonyl (C=O) groups excluding carboxylic acids is 5. The van der Waals surface area contributed by atoms with Crippen LogP contribution < -0.4 is 27.3 Å². The highest BCUT2D eigenvalue weighted by atomic mass is 16.5. The van der Waals surface area contributed by atoms with Gasteiger partial charge in [0.25, 0.3) is 0 Å². The van der Waals surface area contributed by atoms with Crippen molar-refractivity contribution in [2.75, 3.05) is 6.61 Å². The summed E-state index contributed by atoms with van der Waals surface area (Å²) < 4.78 is 11.8. The number of hydrogen-bond donors (Lipinski definition) is 9. The Bertz CT molecular complexity index is 1380. The second kappa shape index (κ2) is 15.4. The van der Waals surface area contributed by atoms with Crippen molar-refractivity contribution < 1.29 is 59.0 Å². The number of nitrogens with one attached hydrogen (secondary N) is 1. The quantitative estimate of drug-likeness (QED) is 0.0926. The number of phenols is 1. The molecule has 1 aromatic rings. The Hall–Kier alpha value is -4.16. The number of amides is 4. The zero-order chi connectivity index (χ0) is 34.5. The number of aryl methyl sites for hydroxylation is 1. The number of hydrogen-bond acceptors (Lipinski definition) is 13. The highest BCUT2D eigenvalue weighted by molar-refractivity contribution is 6.02. The molecular weight excluding hydrogens is 610 g/mol. The van der Waals surface area contributed by atoms with E-state index in [1.165, 1.54) is 6.07 Å². The summed E-state index contributed by atoms with van der Waals surface area (Å²) in [5, 5.41) is 54.2. The maximum atomic E-state index is 13.3. The molecule has 8 atom stereocenters. The minimum absolute atomic E-state index is 0.0325. The van der Waals surface area contributed by atoms with Gasteiger partial charge >= 0.3 is 0 Å². The molecule has 12 N–H and O–H groups in total. The molecular formula is C29H41N5O12. The molecule has 254 valence electrons. The third-order valence-corrected chi connectivity index (χ3v) is 7.85. The van der Waals surface area contributed by atoms with Gasteiger partial charge in [0.15, 0.2) is 5.78 Å². The lowest BCUT2D eigenvalue weighted by Crippen LogP contribution is -2.55. The molecule has 3 rings (SSSR count). The summed E-state index contributed by atoms with van der Waals surface area (Å²) >= 11 is 0. The first-order valence-electron chi connectivity index (χ1n) is 14.6. The van der Waals surface area contributed by atoms with Gasteiger partial charge in [-0.15, -0.1) is 0 Å². The van der Waals surface area contributed by atoms with E-state index in [0.717, 1.165) is 0 Å². The van der Waals surface area contributed by atoms with Crippen molar-refractivity contribution in [2.24, 2.45) is 22.2 Å². The fourth-order valence-corrected chi connectivity index (χ4v) is 5.52. The molecule has 1 fully saturated rings. The molecule has 1 saturated heterocycles. The van der Waals surface area contributed by atoms with Gasteiger partial charge in [0, 0.05) is 31.4 Å². The third kappa shape index (κ3) is 8.55. The van der Waals surface area contributed by atoms with Gasteiger partial charge in [-0.25, -0.2) is 0 Å². The number of primary amides is 3. The molecule has 0 aliphatic carbocycles. The Kier molecular flexibility index (Phi) is 12.2. The number of phenolic OH excluding ortho intramolecular Hbond substituents is 1. The van der Waals surface area contributed by atoms with Gasteiger partial charge < -0.3 is 57.5 Å². The molecule has 1 aromatic carbocycles. The fourth-order valence-electron chi connectivity index (χ4n) is 5.52. The summed E-state index contributed by atoms with van der Waals surface area (Å²) in [6.07, 6.45) is -9.80. The second-order valence-corrected chi connectivity index (χ2v) is 11.5. The van der Waals surface area contributed by atoms with Gasteiger partial charge in [0.2, 0.25) is 23.6 Å². The van der Waals surface area contributed by atoms with Crippen LogP contribution in [0.1, 0.15) is 73.0 Å². The van der Waals surface area contributed by atoms with Gasteiger partial charge in [-0.2, -0.15) is 0 Å². The predicted molar refractivity (Wildman–Crippen MR) is 158 cm³/mol. The van der Waals surface area contributed by atoms with E-state index < -0.39 is 84.7 Å². The molecule has 0 radical (unpaired) electrons. The van der Waals surface area contributed by atoms with Crippen LogP contribution in [-0.2, 0) is 23.9 Å². The topological polar surface area (TPSA) is 307 Å². The smallest absolute Gasteiger partial charge is 0.245 e. The average Bonchev–Trinajstić information content (AvgIpc) is 2.96. The Balaban J connectivity index is 1.90. The molecule has 2 aliphatic heterocycles. The zero-order valence-corrected chi connectivity index (χ0v) is 25.4. The summed E-state index contributed by atoms with van der Waals surface area (Å²) in [5.41, 5.74) is 16.3. The van der Waals surface area contributed by atoms with Crippen molar-refractivity contribution >= 4 is 35.1 Å². The summed E-state index contributed by atoms with van der Waals surface area (Å²) in [5.74, 6) is -4.04. The highest BCUT2D eigenvalue weighted by Crippen LogP contribution is 2.47. The van der Waals surface area contributed by atoms with Crippen LogP contribution in [0.15, 0.2) is 11.1 Å². The molecule has 0 bridgehead atoms. The number of ether oxygens (including phenoxy) is 2. The van der Waals surface area contributed by atoms with Gasteiger partial charge in [-0.3, -0.25) is 29.0 Å². The lowest BCUT2D eigenvalue weighted by molar-refractivity contribution is -0.232. The highest BCUT2D eigenvalue weighted by Gasteiger charge is 2.47. The second-order valence-electron chi connectivity index (χ2n) is 11.5. The molecule has 4 amide bonds. The SMILES string of the molecule is CC(CC1CC(=O)c2c(C)cc(O)c(C3OC(CO)C(O)C(O)C3O)c2O1)=NC(CCC(N)=O)C(=O)NC(CCC(N)=O)C(N)=O. The molecule has 8 unspecified atom stereocenters. The molecule has 0 spiro atoms. The molecule has 2 aliphatic rings. The number of rotatable bonds is 14. The van der Waals surface area contributed by atoms with Crippen molar-refractivity contribution in [1.29, 1.82) is 0 Å². The van der Waals surface area contributed by atoms with E-state index in [2.05, 4.69) is 10.3 Å². The summed E-state index contributed by atoms with van der Waals surface area (Å²) in [6, 6.07) is -1.18. The van der Waals surface area contributed by atoms with Crippen LogP contribution in [0.3, 0.4) is 0 Å². The van der Waals surface area contributed by atoms with Crippen LogP contribution in [-0.4, -0.2) is 110 Å². The number of aliphatic imine (C=N–C) groups is 1. The largest absolute Gasteiger partial charge is 0.507 e. The Morgan fingerprint density at radius 1 is 1.04 bits per heavy atom. The van der Waals surface area contributed by atoms with Gasteiger partial charge in [-0.1, -0.05) is 0 Å². The Labute approximate surface area is 263 Å². The molecule has 17 heteroatoms. The van der Waals surface area contributed by atoms with Gasteiger partial charge in [0.1, 0.15) is 60.2 Å². The summed E-state index contributed by atoms with van der Waals surface area (Å²) in [4.78, 5) is 65.3. The summed E-state index contributed by atoms with van der Waals surface area (Å²) in [6.45, 7) is 2.39. The van der Waals surface area contributed by atoms with Crippen molar-refractivity contribution in [3.63, 3.8) is 0 Å². The number of aliphatic hydroxyl groups is 4. The van der Waals surface area contributed by atoms with E-state index in [1.54, 1.807) is 13.8 Å². The minimum Gasteiger partial charge on any atom is -0.507 e. The van der Waals surface area contributed by atoms with Crippen molar-refractivity contribution in [2.45, 2.75) is 101 Å². The molecule has 0 saturated carbocycles. The van der Waals surface area contributed by atoms with E-state index in [0.29, 0.717) is 11.3 Å². The number of aliphatic hydroxyl groups excluding tert-OH is 4. The number of benzene rings is 1. The maximum Gasteiger partial charge on any atom is 0.245 e. The lowest BCUT2D eigenvalue weighted by Gasteiger charge is -2.41. The van der Waals surface area contributed by atoms with Crippen molar-refractivity contribution in [1.82, 2.24) is 5.32 Å². The van der Waals surface area contributed by atoms with E-state index in [9.17, 15) is 49.5 Å². The number of Topliss-reactive ketones (excluding diaryl/α,β-unsaturated/α-hetero) is 1. The van der Waals surface area contributed by atoms with Crippen molar-refractivity contribution in [3.05, 3.63) is 22.8 Å². The monoisotopic (exact) mass is 651 g/mol. The zero-order valence-electron chi connectivity index (χ0n) is 25.4. The Morgan fingerprint density at radius 3 is 2.26 bits per heavy atom. The number of carbonyl (C=O) groups is 5. The predicted octanol–water partition coefficient (Wildman–Crippen LogP) is -2.73. The first-order chi connectivity index (χ1) is 21.5. The van der Waals surface area contributed by atoms with E-state index in [1.807, 2.05) is 0 Å². The Morgan fingerprint density at radius 2 is 1.67 bits per heavy atom. The first-order valence-corrected chi connectivity index (χ1v) is 14.6. The maximum absolute atomic E-state index is 13.3. The third-order valence-electron chi connectivity index (χ3n) is 7.85. The van der Waals surface area contributed by atoms with Crippen LogP contribution in [0.5, 0.6) is 11.5 Å². The van der Waals surface area contributed by atoms with Crippen LogP contribution in [0.4, 0.5) is 0 Å². The number of fused-ring (bicyclic) bond motifs is 1. The number of nitrogens with two attached hydrogens (primary N) is 3. The molecule has 46 heavy (non-hydrogen) atoms. The number of ketones is 1. The molecule has 0 aromatic heterocycles. The standard InChI is InChI=1S/C29H41N5O12/c1-11-7-16(36)22(27-25(42)24(41)23(40)18(10-35)46-27)26-21(11)17(37)9-13(45-26)8-12(2)33-15(4-6-20(31)39)29(44)34-14(28(32)43)3-5-19(30)38/h7,13-15,18,23-25,27,35-36,40-42H,3-6,8-10H2,1-2H3,(H2,30,38)(H2,31,39)(H2,32,43)(H,34,44). The lowest BCUT2D eigenvalue weighted by atomic mass is 9.86. The fraction of sp³-hybridized carbons (Fsp3) is 0.586. The summed E-state index contributed by atoms with van der Waals surface area (Å²) in [7, 11) is 0. The van der Waals surface area contributed by atoms with E-state index in [-0.39, 0.29) is 61.2 Å². The molecule has 2 heterocycles. The van der Waals surface area contributed by atoms with Crippen LogP contribution in [0, 0.1) is 6.92 Å². The average molecular weight is 652 g/mol. The minimum atomic E-state index is -1.77. The first kappa shape index (κ1) is 36.3. The number of nitrogens with zero attached hydrogens (tertiary/aromatic N) is 1. The van der Waals surface area contributed by atoms with Crippen LogP contribution >= 0.6 is 0 Å². The molecule has 17 nitrogen and oxygen atoms in total. The normalized spacial score (nSPS) is 26.0. The van der Waals surface area contributed by atoms with Gasteiger partial charge in [0.05, 0.1) is 17.7 Å². The van der Waals surface area contributed by atoms with Crippen molar-refractivity contribution in [3.8, 4) is 11.5 Å². The van der Waals surface area contributed by atoms with E-state index in [4.69, 9.17) is 26.7 Å². The van der Waals surface area contributed by atoms with Crippen LogP contribution in [0.25, 0.3) is 0 Å². The van der Waals surface area contributed by atoms with E-state index >= 15 is 0 Å².